The van der Waals surface area contributed by atoms with Gasteiger partial charge >= 0.3 is 0 Å². The van der Waals surface area contributed by atoms with Crippen molar-refractivity contribution in [3.63, 3.8) is 0 Å². The Hall–Kier alpha value is -2.78. The van der Waals surface area contributed by atoms with Crippen molar-refractivity contribution in [2.24, 2.45) is 5.73 Å². The van der Waals surface area contributed by atoms with E-state index in [1.165, 1.54) is 32.2 Å². The molecule has 2 aromatic heterocycles. The maximum atomic E-state index is 14.6. The van der Waals surface area contributed by atoms with Crippen LogP contribution in [0.4, 0.5) is 15.9 Å². The second-order valence-electron chi connectivity index (χ2n) is 7.85. The van der Waals surface area contributed by atoms with Crippen molar-refractivity contribution in [3.8, 4) is 0 Å². The minimum Gasteiger partial charge on any atom is -0.386 e. The maximum Gasteiger partial charge on any atom is 0.163 e. The number of nitrogens with zero attached hydrogens (tertiary/aromatic N) is 2. The van der Waals surface area contributed by atoms with E-state index in [0.717, 1.165) is 5.39 Å². The number of hydrogen-bond acceptors (Lipinski definition) is 6. The van der Waals surface area contributed by atoms with E-state index in [9.17, 15) is 12.8 Å². The van der Waals surface area contributed by atoms with Crippen LogP contribution in [0.5, 0.6) is 0 Å². The smallest absolute Gasteiger partial charge is 0.163 e. The van der Waals surface area contributed by atoms with E-state index in [1.807, 2.05) is 0 Å². The van der Waals surface area contributed by atoms with E-state index >= 15 is 0 Å². The highest BCUT2D eigenvalue weighted by Crippen LogP contribution is 2.30. The van der Waals surface area contributed by atoms with Crippen LogP contribution in [0.25, 0.3) is 10.9 Å². The van der Waals surface area contributed by atoms with Crippen molar-refractivity contribution in [2.75, 3.05) is 11.1 Å². The Balaban J connectivity index is 1.92. The molecular weight excluding hydrogens is 441 g/mol. The summed E-state index contributed by atoms with van der Waals surface area (Å²) in [6.07, 6.45) is 3.11. The molecule has 0 aliphatic rings. The lowest BCUT2D eigenvalue weighted by atomic mass is 10.0. The van der Waals surface area contributed by atoms with Crippen LogP contribution in [-0.2, 0) is 9.84 Å². The quantitative estimate of drug-likeness (QED) is 0.352. The largest absolute Gasteiger partial charge is 0.386 e. The van der Waals surface area contributed by atoms with Crippen molar-refractivity contribution in [3.05, 3.63) is 59.1 Å². The summed E-state index contributed by atoms with van der Waals surface area (Å²) < 4.78 is 38.5. The van der Waals surface area contributed by atoms with Gasteiger partial charge in [0.15, 0.2) is 15.7 Å². The molecule has 0 saturated heterocycles. The third kappa shape index (κ3) is 4.62. The number of hydrogen-bond donors (Lipinski definition) is 3. The Morgan fingerprint density at radius 1 is 1.29 bits per heavy atom. The first-order chi connectivity index (χ1) is 14.4. The minimum absolute atomic E-state index is 0.226. The van der Waals surface area contributed by atoms with Gasteiger partial charge in [0.05, 0.1) is 10.8 Å². The van der Waals surface area contributed by atoms with Gasteiger partial charge in [-0.1, -0.05) is 18.5 Å². The molecule has 0 aliphatic heterocycles. The fraction of sp³-hybridized carbons (Fsp3) is 0.286. The van der Waals surface area contributed by atoms with Crippen LogP contribution in [0, 0.1) is 11.2 Å². The molecule has 31 heavy (non-hydrogen) atoms. The standard InChI is InChI=1S/C21H23ClFN5O2S/c1-12(11-31(29,30)21(2,3)20(24)25)16-9-15(4-5-17(16)23)28-19-18-13(6-7-26-19)8-14(22)10-27-18/h4-10,12H,11H2,1-3H3,(H3,24,25)(H,26,28). The molecule has 4 N–H and O–H groups in total. The van der Waals surface area contributed by atoms with E-state index in [1.54, 1.807) is 31.3 Å². The molecule has 3 rings (SSSR count). The van der Waals surface area contributed by atoms with Crippen LogP contribution in [0.2, 0.25) is 5.02 Å². The Bertz CT molecular complexity index is 1260. The monoisotopic (exact) mass is 463 g/mol. The molecule has 7 nitrogen and oxygen atoms in total. The molecule has 0 fully saturated rings. The van der Waals surface area contributed by atoms with E-state index < -0.39 is 32.2 Å². The second kappa shape index (κ2) is 8.39. The van der Waals surface area contributed by atoms with Gasteiger partial charge in [0, 0.05) is 23.5 Å². The Morgan fingerprint density at radius 2 is 2.00 bits per heavy atom. The summed E-state index contributed by atoms with van der Waals surface area (Å²) in [5.74, 6) is -1.53. The number of amidine groups is 1. The van der Waals surface area contributed by atoms with E-state index in [0.29, 0.717) is 22.0 Å². The molecule has 10 heteroatoms. The molecule has 0 bridgehead atoms. The van der Waals surface area contributed by atoms with Gasteiger partial charge in [0.2, 0.25) is 0 Å². The first kappa shape index (κ1) is 22.9. The normalized spacial score (nSPS) is 13.2. The third-order valence-corrected chi connectivity index (χ3v) is 8.17. The third-order valence-electron chi connectivity index (χ3n) is 5.25. The number of halogens is 2. The minimum atomic E-state index is -3.80. The van der Waals surface area contributed by atoms with Gasteiger partial charge in [-0.05, 0) is 55.7 Å². The highest BCUT2D eigenvalue weighted by molar-refractivity contribution is 7.93. The zero-order valence-corrected chi connectivity index (χ0v) is 18.9. The number of benzene rings is 1. The molecule has 0 amide bonds. The lowest BCUT2D eigenvalue weighted by molar-refractivity contribution is 0.564. The van der Waals surface area contributed by atoms with Crippen LogP contribution in [-0.4, -0.2) is 34.7 Å². The van der Waals surface area contributed by atoms with Gasteiger partial charge in [-0.2, -0.15) is 0 Å². The summed E-state index contributed by atoms with van der Waals surface area (Å²) in [5.41, 5.74) is 6.82. The van der Waals surface area contributed by atoms with Crippen LogP contribution >= 0.6 is 11.6 Å². The van der Waals surface area contributed by atoms with Crippen LogP contribution in [0.15, 0.2) is 42.7 Å². The number of rotatable bonds is 7. The molecule has 0 radical (unpaired) electrons. The maximum absolute atomic E-state index is 14.6. The number of sulfone groups is 1. The van der Waals surface area contributed by atoms with Gasteiger partial charge in [0.25, 0.3) is 0 Å². The number of fused-ring (bicyclic) bond motifs is 1. The van der Waals surface area contributed by atoms with Crippen molar-refractivity contribution < 1.29 is 12.8 Å². The predicted octanol–water partition coefficient (Wildman–Crippen LogP) is 4.40. The summed E-state index contributed by atoms with van der Waals surface area (Å²) in [7, 11) is -3.80. The highest BCUT2D eigenvalue weighted by Gasteiger charge is 2.38. The van der Waals surface area contributed by atoms with E-state index in [4.69, 9.17) is 22.7 Å². The van der Waals surface area contributed by atoms with Gasteiger partial charge in [-0.15, -0.1) is 0 Å². The predicted molar refractivity (Wildman–Crippen MR) is 122 cm³/mol. The summed E-state index contributed by atoms with van der Waals surface area (Å²) in [4.78, 5) is 8.60. The molecule has 3 aromatic rings. The van der Waals surface area contributed by atoms with Crippen LogP contribution in [0.1, 0.15) is 32.3 Å². The molecule has 164 valence electrons. The highest BCUT2D eigenvalue weighted by atomic mass is 35.5. The average Bonchev–Trinajstić information content (AvgIpc) is 2.68. The number of pyridine rings is 2. The number of anilines is 2. The topological polar surface area (TPSA) is 122 Å². The molecule has 0 spiro atoms. The SMILES string of the molecule is CC(CS(=O)(=O)C(C)(C)C(=N)N)c1cc(Nc2nccc3cc(Cl)cnc23)ccc1F. The van der Waals surface area contributed by atoms with E-state index in [2.05, 4.69) is 15.3 Å². The Morgan fingerprint density at radius 3 is 2.68 bits per heavy atom. The Kier molecular flexibility index (Phi) is 6.20. The van der Waals surface area contributed by atoms with Crippen molar-refractivity contribution >= 4 is 49.7 Å². The summed E-state index contributed by atoms with van der Waals surface area (Å²) in [6.45, 7) is 4.37. The first-order valence-corrected chi connectivity index (χ1v) is 11.5. The molecule has 0 aliphatic carbocycles. The van der Waals surface area contributed by atoms with Gasteiger partial charge in [-0.25, -0.2) is 17.8 Å². The van der Waals surface area contributed by atoms with E-state index in [-0.39, 0.29) is 11.3 Å². The van der Waals surface area contributed by atoms with Crippen LogP contribution in [0.3, 0.4) is 0 Å². The molecule has 0 saturated carbocycles. The van der Waals surface area contributed by atoms with Crippen molar-refractivity contribution in [2.45, 2.75) is 31.4 Å². The number of nitrogens with two attached hydrogens (primary N) is 1. The molecule has 2 heterocycles. The average molecular weight is 464 g/mol. The van der Waals surface area contributed by atoms with Gasteiger partial charge in [-0.3, -0.25) is 10.4 Å². The zero-order valence-electron chi connectivity index (χ0n) is 17.3. The van der Waals surface area contributed by atoms with Crippen molar-refractivity contribution in [1.29, 1.82) is 5.41 Å². The summed E-state index contributed by atoms with van der Waals surface area (Å²) in [5, 5.41) is 12.0. The second-order valence-corrected chi connectivity index (χ2v) is 10.9. The lowest BCUT2D eigenvalue weighted by Gasteiger charge is -2.25. The fourth-order valence-corrected chi connectivity index (χ4v) is 4.81. The zero-order chi connectivity index (χ0) is 23.0. The van der Waals surface area contributed by atoms with Crippen LogP contribution < -0.4 is 11.1 Å². The summed E-state index contributed by atoms with van der Waals surface area (Å²) >= 11 is 5.99. The summed E-state index contributed by atoms with van der Waals surface area (Å²) in [6, 6.07) is 7.89. The molecule has 1 unspecified atom stereocenters. The molecule has 1 atom stereocenters. The fourth-order valence-electron chi connectivity index (χ4n) is 3.06. The van der Waals surface area contributed by atoms with Gasteiger partial charge in [0.1, 0.15) is 21.9 Å². The van der Waals surface area contributed by atoms with Crippen molar-refractivity contribution in [1.82, 2.24) is 9.97 Å². The number of aromatic nitrogens is 2. The molecule has 1 aromatic carbocycles. The number of nitrogens with one attached hydrogen (secondary N) is 2. The van der Waals surface area contributed by atoms with Gasteiger partial charge < -0.3 is 11.1 Å². The Labute approximate surface area is 185 Å². The lowest BCUT2D eigenvalue weighted by Crippen LogP contribution is -2.46. The molecular formula is C21H23ClFN5O2S. The first-order valence-electron chi connectivity index (χ1n) is 9.46.